The molecule has 0 aliphatic heterocycles. The Kier molecular flexibility index (Phi) is 15.7. The van der Waals surface area contributed by atoms with Crippen molar-refractivity contribution in [3.8, 4) is 17.0 Å². The lowest BCUT2D eigenvalue weighted by Gasteiger charge is -2.46. The Balaban J connectivity index is 0.000000397. The quantitative estimate of drug-likeness (QED) is 0.0960. The van der Waals surface area contributed by atoms with Crippen molar-refractivity contribution >= 4 is 28.0 Å². The minimum atomic E-state index is -6.13. The lowest BCUT2D eigenvalue weighted by atomic mass is 9.12. The topological polar surface area (TPSA) is 24.1 Å². The number of rotatable bonds is 7. The lowest BCUT2D eigenvalue weighted by molar-refractivity contribution is -0.677. The van der Waals surface area contributed by atoms with Gasteiger partial charge in [0.1, 0.15) is 11.9 Å². The molecule has 0 aliphatic rings. The van der Waals surface area contributed by atoms with Crippen LogP contribution >= 0.6 is 0 Å². The van der Waals surface area contributed by atoms with E-state index in [2.05, 4.69) is 41.1 Å². The van der Waals surface area contributed by atoms with Gasteiger partial charge in [-0.15, -0.1) is 0 Å². The van der Waals surface area contributed by atoms with E-state index in [1.807, 2.05) is 30.3 Å². The summed E-state index contributed by atoms with van der Waals surface area (Å²) >= 11 is 0. The van der Waals surface area contributed by atoms with E-state index in [1.54, 1.807) is 12.1 Å². The summed E-state index contributed by atoms with van der Waals surface area (Å²) in [6.45, 7) is 0.831. The summed E-state index contributed by atoms with van der Waals surface area (Å²) in [6, 6.07) is 15.0. The molecule has 77 heavy (non-hydrogen) atoms. The number of halogens is 24. The molecule has 0 unspecified atom stereocenters. The van der Waals surface area contributed by atoms with Gasteiger partial charge >= 0.3 is 49.4 Å². The van der Waals surface area contributed by atoms with E-state index in [1.165, 1.54) is 5.56 Å². The number of pyridine rings is 1. The Morgan fingerprint density at radius 3 is 0.831 bits per heavy atom. The van der Waals surface area contributed by atoms with Crippen molar-refractivity contribution in [3.05, 3.63) is 202 Å². The standard InChI is InChI=1S/C32H12BF24.C18H15NO/c34-25(35,36)13-1-14(26(37,38)39)6-21(5-13)33(22-7-15(27(40,41)42)2-16(8-22)28(43,44)45,23-9-17(29(46,47)48)3-18(10-23)30(49,50)51)24-11-19(31(52,53)54)4-20(12-24)32(55,56)57;20-17-11-9-16(10-12-17)18-8-4-5-13-19(18)14-15-6-2-1-3-7-15/h1-12H;1-13H,14H2/q-1;/p+1. The highest BCUT2D eigenvalue weighted by atomic mass is 19.4. The average Bonchev–Trinajstić information content (AvgIpc) is 3.30. The van der Waals surface area contributed by atoms with E-state index in [4.69, 9.17) is 0 Å². The molecule has 0 atom stereocenters. The van der Waals surface area contributed by atoms with Crippen molar-refractivity contribution in [2.75, 3.05) is 0 Å². The highest BCUT2D eigenvalue weighted by molar-refractivity contribution is 7.20. The van der Waals surface area contributed by atoms with Gasteiger partial charge in [0.15, 0.2) is 12.7 Å². The molecule has 1 aromatic heterocycles. The molecule has 27 heteroatoms. The Labute approximate surface area is 417 Å². The average molecular weight is 1130 g/mol. The minimum Gasteiger partial charge on any atom is -0.508 e. The molecular weight excluding hydrogens is 1100 g/mol. The van der Waals surface area contributed by atoms with Crippen molar-refractivity contribution in [3.63, 3.8) is 0 Å². The maximum atomic E-state index is 14.2. The van der Waals surface area contributed by atoms with Gasteiger partial charge < -0.3 is 5.11 Å². The molecular formula is C50H28BF24NO. The van der Waals surface area contributed by atoms with Crippen molar-refractivity contribution in [2.45, 2.75) is 56.0 Å². The maximum absolute atomic E-state index is 14.2. The van der Waals surface area contributed by atoms with Gasteiger partial charge in [-0.3, -0.25) is 0 Å². The van der Waals surface area contributed by atoms with E-state index < -0.39 is 195 Å². The van der Waals surface area contributed by atoms with Crippen molar-refractivity contribution in [2.24, 2.45) is 0 Å². The van der Waals surface area contributed by atoms with Crippen molar-refractivity contribution in [1.29, 1.82) is 0 Å². The number of phenolic OH excluding ortho intramolecular Hbond substituents is 1. The Hall–Kier alpha value is -7.35. The molecule has 0 bridgehead atoms. The third-order valence-corrected chi connectivity index (χ3v) is 11.7. The number of nitrogens with zero attached hydrogens (tertiary/aromatic N) is 1. The van der Waals surface area contributed by atoms with Crippen LogP contribution in [0.2, 0.25) is 0 Å². The summed E-state index contributed by atoms with van der Waals surface area (Å²) < 4.78 is 343. The summed E-state index contributed by atoms with van der Waals surface area (Å²) in [7, 11) is 0. The number of hydrogen-bond donors (Lipinski definition) is 1. The molecule has 0 saturated heterocycles. The zero-order valence-electron chi connectivity index (χ0n) is 37.7. The SMILES string of the molecule is FC(F)(F)c1cc([B-](c2cc(C(F)(F)F)cc(C(F)(F)F)c2)(c2cc(C(F)(F)F)cc(C(F)(F)F)c2)c2cc(C(F)(F)F)cc(C(F)(F)F)c2)cc(C(F)(F)F)c1.Oc1ccc(-c2cccc[n+]2Cc2ccccc2)cc1. The van der Waals surface area contributed by atoms with E-state index in [0.29, 0.717) is 5.75 Å². The van der Waals surface area contributed by atoms with Crippen LogP contribution in [0.4, 0.5) is 105 Å². The highest BCUT2D eigenvalue weighted by Gasteiger charge is 2.47. The highest BCUT2D eigenvalue weighted by Crippen LogP contribution is 2.41. The molecule has 1 N–H and O–H groups in total. The molecule has 1 heterocycles. The van der Waals surface area contributed by atoms with Crippen LogP contribution in [0.1, 0.15) is 50.1 Å². The van der Waals surface area contributed by atoms with E-state index in [-0.39, 0.29) is 0 Å². The van der Waals surface area contributed by atoms with Gasteiger partial charge in [0.25, 0.3) is 0 Å². The summed E-state index contributed by atoms with van der Waals surface area (Å²) in [4.78, 5) is 0. The number of phenols is 1. The molecule has 0 fully saturated rings. The lowest BCUT2D eigenvalue weighted by Crippen LogP contribution is -2.75. The van der Waals surface area contributed by atoms with Crippen LogP contribution in [-0.2, 0) is 56.0 Å². The molecule has 0 saturated carbocycles. The second kappa shape index (κ2) is 20.6. The Bertz CT molecular complexity index is 2780. The number of hydrogen-bond acceptors (Lipinski definition) is 1. The smallest absolute Gasteiger partial charge is 0.416 e. The fourth-order valence-corrected chi connectivity index (χ4v) is 8.36. The van der Waals surface area contributed by atoms with Crippen LogP contribution in [-0.4, -0.2) is 11.3 Å². The van der Waals surface area contributed by atoms with Gasteiger partial charge in [0.05, 0.1) is 44.5 Å². The zero-order chi connectivity index (χ0) is 57.7. The molecule has 2 nitrogen and oxygen atoms in total. The predicted octanol–water partition coefficient (Wildman–Crippen LogP) is 14.6. The van der Waals surface area contributed by atoms with Crippen LogP contribution in [0.15, 0.2) is 152 Å². The molecule has 0 amide bonds. The fourth-order valence-electron chi connectivity index (χ4n) is 8.36. The summed E-state index contributed by atoms with van der Waals surface area (Å²) in [5.74, 6) is 0.291. The van der Waals surface area contributed by atoms with Gasteiger partial charge in [-0.1, -0.05) is 78.9 Å². The Morgan fingerprint density at radius 2 is 0.571 bits per heavy atom. The molecule has 7 aromatic rings. The summed E-state index contributed by atoms with van der Waals surface area (Å²) in [5.41, 5.74) is -26.7. The zero-order valence-corrected chi connectivity index (χ0v) is 37.7. The number of benzene rings is 6. The number of alkyl halides is 24. The van der Waals surface area contributed by atoms with Crippen LogP contribution in [0.3, 0.4) is 0 Å². The van der Waals surface area contributed by atoms with E-state index >= 15 is 0 Å². The molecule has 0 spiro atoms. The first-order chi connectivity index (χ1) is 35.1. The molecule has 7 rings (SSSR count). The molecule has 0 radical (unpaired) electrons. The first kappa shape index (κ1) is 58.9. The monoisotopic (exact) mass is 1130 g/mol. The minimum absolute atomic E-state index is 0.291. The van der Waals surface area contributed by atoms with Gasteiger partial charge in [-0.25, -0.2) is 0 Å². The predicted molar refractivity (Wildman–Crippen MR) is 229 cm³/mol. The maximum Gasteiger partial charge on any atom is 0.416 e. The molecule has 0 aliphatic carbocycles. The van der Waals surface area contributed by atoms with Crippen LogP contribution in [0, 0.1) is 0 Å². The second-order valence-electron chi connectivity index (χ2n) is 17.0. The van der Waals surface area contributed by atoms with Crippen molar-refractivity contribution < 1.29 is 115 Å². The molecule has 410 valence electrons. The van der Waals surface area contributed by atoms with Gasteiger partial charge in [-0.2, -0.15) is 132 Å². The Morgan fingerprint density at radius 1 is 0.312 bits per heavy atom. The van der Waals surface area contributed by atoms with Gasteiger partial charge in [0.2, 0.25) is 5.69 Å². The third kappa shape index (κ3) is 13.6. The summed E-state index contributed by atoms with van der Waals surface area (Å²) in [6.07, 6.45) is -52.7. The van der Waals surface area contributed by atoms with Crippen molar-refractivity contribution in [1.82, 2.24) is 0 Å². The first-order valence-corrected chi connectivity index (χ1v) is 21.3. The summed E-state index contributed by atoms with van der Waals surface area (Å²) in [5, 5.41) is 9.40. The second-order valence-corrected chi connectivity index (χ2v) is 17.0. The van der Waals surface area contributed by atoms with Gasteiger partial charge in [-0.05, 0) is 54.6 Å². The third-order valence-electron chi connectivity index (χ3n) is 11.7. The number of aromatic hydroxyl groups is 1. The number of aromatic nitrogens is 1. The van der Waals surface area contributed by atoms with E-state index in [0.717, 1.165) is 17.8 Å². The van der Waals surface area contributed by atoms with Gasteiger partial charge in [0, 0.05) is 23.3 Å². The van der Waals surface area contributed by atoms with Crippen LogP contribution in [0.5, 0.6) is 5.75 Å². The van der Waals surface area contributed by atoms with E-state index in [9.17, 15) is 110 Å². The normalized spacial score (nSPS) is 13.3. The van der Waals surface area contributed by atoms with Crippen LogP contribution in [0.25, 0.3) is 11.3 Å². The fraction of sp³-hybridized carbons (Fsp3) is 0.180. The van der Waals surface area contributed by atoms with Crippen LogP contribution < -0.4 is 26.4 Å². The molecule has 6 aromatic carbocycles. The first-order valence-electron chi connectivity index (χ1n) is 21.3. The largest absolute Gasteiger partial charge is 0.508 e.